The number of nitrogens with zero attached hydrogens (tertiary/aromatic N) is 2. The highest BCUT2D eigenvalue weighted by Gasteiger charge is 2.27. The largest absolute Gasteiger partial charge is 0.489 e. The Morgan fingerprint density at radius 2 is 2.13 bits per heavy atom. The maximum atomic E-state index is 11.7. The number of hydrogen-bond donors (Lipinski definition) is 2. The van der Waals surface area contributed by atoms with Gasteiger partial charge in [0.15, 0.2) is 11.4 Å². The molecule has 0 radical (unpaired) electrons. The second kappa shape index (κ2) is 10.1. The molecule has 0 saturated carbocycles. The van der Waals surface area contributed by atoms with E-state index in [9.17, 15) is 14.9 Å². The number of nitro groups is 1. The van der Waals surface area contributed by atoms with Crippen LogP contribution in [0.4, 0.5) is 16.2 Å². The number of hydrogen-bond acceptors (Lipinski definition) is 7. The number of amides is 1. The molecule has 2 aromatic carbocycles. The van der Waals surface area contributed by atoms with Gasteiger partial charge in [-0.15, -0.1) is 0 Å². The number of unbranched alkanes of at least 4 members (excludes halogenated alkanes) is 1. The Balaban J connectivity index is 1.39. The minimum atomic E-state index is -0.524. The topological polar surface area (TPSA) is 127 Å². The molecule has 9 nitrogen and oxygen atoms in total. The van der Waals surface area contributed by atoms with Crippen LogP contribution in [0.5, 0.6) is 5.75 Å². The number of ether oxygens (including phenoxy) is 2. The molecule has 2 N–H and O–H groups in total. The van der Waals surface area contributed by atoms with Gasteiger partial charge in [0.2, 0.25) is 0 Å². The van der Waals surface area contributed by atoms with Crippen molar-refractivity contribution in [3.05, 3.63) is 63.7 Å². The Morgan fingerprint density at radius 1 is 1.33 bits per heavy atom. The molecule has 1 heterocycles. The zero-order valence-corrected chi connectivity index (χ0v) is 16.3. The van der Waals surface area contributed by atoms with Gasteiger partial charge in [-0.2, -0.15) is 5.26 Å². The molecule has 3 rings (SSSR count). The first-order valence-corrected chi connectivity index (χ1v) is 9.63. The van der Waals surface area contributed by atoms with Gasteiger partial charge >= 0.3 is 6.09 Å². The molecular formula is C21H22N4O5. The van der Waals surface area contributed by atoms with E-state index in [2.05, 4.69) is 10.6 Å². The first kappa shape index (κ1) is 20.9. The minimum absolute atomic E-state index is 0.0887. The van der Waals surface area contributed by atoms with Crippen LogP contribution in [0.25, 0.3) is 0 Å². The SMILES string of the molecule is N#Cc1cc2c(c([N+](=O)[O-])c1)N[C@@H](CCCCNC(=O)OCc1ccccc1)CO2. The first-order chi connectivity index (χ1) is 14.6. The summed E-state index contributed by atoms with van der Waals surface area (Å²) in [6.45, 7) is 1.05. The van der Waals surface area contributed by atoms with Crippen LogP contribution in [0.1, 0.15) is 30.4 Å². The summed E-state index contributed by atoms with van der Waals surface area (Å²) in [5, 5.41) is 26.2. The quantitative estimate of drug-likeness (QED) is 0.386. The Kier molecular flexibility index (Phi) is 7.05. The maximum absolute atomic E-state index is 11.7. The number of anilines is 1. The monoisotopic (exact) mass is 410 g/mol. The molecule has 0 saturated heterocycles. The highest BCUT2D eigenvalue weighted by molar-refractivity contribution is 5.73. The Bertz CT molecular complexity index is 942. The van der Waals surface area contributed by atoms with E-state index in [0.717, 1.165) is 24.8 Å². The average Bonchev–Trinajstić information content (AvgIpc) is 2.77. The van der Waals surface area contributed by atoms with E-state index in [0.29, 0.717) is 24.6 Å². The van der Waals surface area contributed by atoms with E-state index in [4.69, 9.17) is 14.7 Å². The van der Waals surface area contributed by atoms with Crippen molar-refractivity contribution in [3.63, 3.8) is 0 Å². The third-order valence-electron chi connectivity index (χ3n) is 4.66. The summed E-state index contributed by atoms with van der Waals surface area (Å²) in [7, 11) is 0. The van der Waals surface area contributed by atoms with Crippen molar-refractivity contribution in [2.45, 2.75) is 31.9 Å². The molecule has 0 aromatic heterocycles. The molecule has 9 heteroatoms. The van der Waals surface area contributed by atoms with Gasteiger partial charge in [0.25, 0.3) is 5.69 Å². The van der Waals surface area contributed by atoms with Crippen molar-refractivity contribution in [3.8, 4) is 11.8 Å². The van der Waals surface area contributed by atoms with Gasteiger partial charge in [-0.1, -0.05) is 30.3 Å². The molecule has 2 aromatic rings. The van der Waals surface area contributed by atoms with Gasteiger partial charge in [0, 0.05) is 18.7 Å². The lowest BCUT2D eigenvalue weighted by Crippen LogP contribution is -2.32. The fourth-order valence-corrected chi connectivity index (χ4v) is 3.14. The molecule has 0 aliphatic carbocycles. The highest BCUT2D eigenvalue weighted by atomic mass is 16.6. The number of nitro benzene ring substituents is 1. The Labute approximate surface area is 173 Å². The van der Waals surface area contributed by atoms with Crippen LogP contribution in [-0.2, 0) is 11.3 Å². The predicted molar refractivity (Wildman–Crippen MR) is 109 cm³/mol. The zero-order chi connectivity index (χ0) is 21.3. The molecule has 1 amide bonds. The van der Waals surface area contributed by atoms with Gasteiger partial charge in [-0.05, 0) is 24.8 Å². The summed E-state index contributed by atoms with van der Waals surface area (Å²) in [5.41, 5.74) is 1.24. The first-order valence-electron chi connectivity index (χ1n) is 9.63. The fraction of sp³-hybridized carbons (Fsp3) is 0.333. The van der Waals surface area contributed by atoms with Gasteiger partial charge in [0.05, 0.1) is 22.6 Å². The molecule has 30 heavy (non-hydrogen) atoms. The van der Waals surface area contributed by atoms with Crippen molar-refractivity contribution >= 4 is 17.5 Å². The van der Waals surface area contributed by atoms with Crippen LogP contribution in [-0.4, -0.2) is 30.2 Å². The fourth-order valence-electron chi connectivity index (χ4n) is 3.14. The summed E-state index contributed by atoms with van der Waals surface area (Å²) in [6.07, 6.45) is 1.79. The summed E-state index contributed by atoms with van der Waals surface area (Å²) in [5.74, 6) is 0.319. The lowest BCUT2D eigenvalue weighted by Gasteiger charge is -2.27. The van der Waals surface area contributed by atoms with Crippen molar-refractivity contribution < 1.29 is 19.2 Å². The van der Waals surface area contributed by atoms with E-state index in [1.165, 1.54) is 12.1 Å². The van der Waals surface area contributed by atoms with E-state index in [1.807, 2.05) is 36.4 Å². The third kappa shape index (κ3) is 5.61. The number of nitrogens with one attached hydrogen (secondary N) is 2. The van der Waals surface area contributed by atoms with Crippen molar-refractivity contribution in [1.29, 1.82) is 5.26 Å². The molecule has 156 valence electrons. The number of rotatable bonds is 8. The summed E-state index contributed by atoms with van der Waals surface area (Å²) in [4.78, 5) is 22.5. The van der Waals surface area contributed by atoms with Crippen LogP contribution in [0, 0.1) is 21.4 Å². The van der Waals surface area contributed by atoms with Crippen LogP contribution in [0.2, 0.25) is 0 Å². The van der Waals surface area contributed by atoms with Crippen LogP contribution < -0.4 is 15.4 Å². The highest BCUT2D eigenvalue weighted by Crippen LogP contribution is 2.39. The minimum Gasteiger partial charge on any atom is -0.489 e. The van der Waals surface area contributed by atoms with E-state index in [-0.39, 0.29) is 23.9 Å². The second-order valence-corrected chi connectivity index (χ2v) is 6.87. The second-order valence-electron chi connectivity index (χ2n) is 6.87. The number of nitriles is 1. The number of carbonyl (C=O) groups excluding carboxylic acids is 1. The summed E-state index contributed by atoms with van der Waals surface area (Å²) >= 11 is 0. The van der Waals surface area contributed by atoms with Crippen LogP contribution >= 0.6 is 0 Å². The predicted octanol–water partition coefficient (Wildman–Crippen LogP) is 3.74. The molecule has 0 fully saturated rings. The zero-order valence-electron chi connectivity index (χ0n) is 16.3. The van der Waals surface area contributed by atoms with Gasteiger partial charge in [-0.3, -0.25) is 10.1 Å². The lowest BCUT2D eigenvalue weighted by atomic mass is 10.1. The number of benzene rings is 2. The summed E-state index contributed by atoms with van der Waals surface area (Å²) in [6, 6.07) is 14.0. The van der Waals surface area contributed by atoms with Crippen LogP contribution in [0.3, 0.4) is 0 Å². The molecule has 0 bridgehead atoms. The average molecular weight is 410 g/mol. The molecule has 0 spiro atoms. The standard InChI is InChI=1S/C21H22N4O5/c22-12-16-10-18(25(27)28)20-19(11-16)29-14-17(24-20)8-4-5-9-23-21(26)30-13-15-6-2-1-3-7-15/h1-3,6-7,10-11,17,24H,4-5,8-9,13-14H2,(H,23,26)/t17-/m0/s1. The number of alkyl carbamates (subject to hydrolysis) is 1. The third-order valence-corrected chi connectivity index (χ3v) is 4.66. The van der Waals surface area contributed by atoms with E-state index < -0.39 is 11.0 Å². The van der Waals surface area contributed by atoms with Crippen molar-refractivity contribution in [2.75, 3.05) is 18.5 Å². The van der Waals surface area contributed by atoms with Crippen molar-refractivity contribution in [2.24, 2.45) is 0 Å². The maximum Gasteiger partial charge on any atom is 0.407 e. The van der Waals surface area contributed by atoms with E-state index >= 15 is 0 Å². The molecule has 1 aliphatic rings. The van der Waals surface area contributed by atoms with E-state index in [1.54, 1.807) is 0 Å². The molecule has 0 unspecified atom stereocenters. The molecule has 1 aliphatic heterocycles. The lowest BCUT2D eigenvalue weighted by molar-refractivity contribution is -0.384. The van der Waals surface area contributed by atoms with Gasteiger partial charge in [-0.25, -0.2) is 4.79 Å². The molecular weight excluding hydrogens is 388 g/mol. The Morgan fingerprint density at radius 3 is 2.87 bits per heavy atom. The molecule has 1 atom stereocenters. The normalized spacial score (nSPS) is 14.4. The Hall–Kier alpha value is -3.80. The van der Waals surface area contributed by atoms with Gasteiger partial charge < -0.3 is 20.1 Å². The summed E-state index contributed by atoms with van der Waals surface area (Å²) < 4.78 is 10.8. The van der Waals surface area contributed by atoms with Crippen molar-refractivity contribution in [1.82, 2.24) is 5.32 Å². The smallest absolute Gasteiger partial charge is 0.407 e. The number of carbonyl (C=O) groups is 1. The van der Waals surface area contributed by atoms with Crippen LogP contribution in [0.15, 0.2) is 42.5 Å². The van der Waals surface area contributed by atoms with Gasteiger partial charge in [0.1, 0.15) is 13.2 Å². The number of fused-ring (bicyclic) bond motifs is 1.